The lowest BCUT2D eigenvalue weighted by atomic mass is 9.96. The fraction of sp³-hybridized carbons (Fsp3) is 0.481. The highest BCUT2D eigenvalue weighted by Crippen LogP contribution is 2.38. The first-order chi connectivity index (χ1) is 16.6. The number of hydrogen-bond acceptors (Lipinski definition) is 6. The van der Waals surface area contributed by atoms with Gasteiger partial charge in [-0.3, -0.25) is 14.4 Å². The second kappa shape index (κ2) is 10.1. The number of primary amides is 1. The molecule has 8 heteroatoms. The third kappa shape index (κ3) is 5.31. The van der Waals surface area contributed by atoms with Crippen molar-refractivity contribution in [3.8, 4) is 0 Å². The van der Waals surface area contributed by atoms with Crippen LogP contribution in [-0.4, -0.2) is 46.7 Å². The first-order valence-corrected chi connectivity index (χ1v) is 12.4. The van der Waals surface area contributed by atoms with Crippen LogP contribution in [0.4, 0.5) is 11.5 Å². The van der Waals surface area contributed by atoms with Crippen molar-refractivity contribution in [2.24, 2.45) is 11.7 Å². The van der Waals surface area contributed by atoms with Gasteiger partial charge in [0.05, 0.1) is 5.56 Å². The molecule has 8 nitrogen and oxygen atoms in total. The lowest BCUT2D eigenvalue weighted by molar-refractivity contribution is 0.0924. The van der Waals surface area contributed by atoms with Gasteiger partial charge in [-0.1, -0.05) is 13.8 Å². The van der Waals surface area contributed by atoms with E-state index in [4.69, 9.17) is 5.73 Å². The first kappa shape index (κ1) is 24.7. The minimum atomic E-state index is -0.524. The van der Waals surface area contributed by atoms with Gasteiger partial charge in [0.2, 0.25) is 0 Å². The summed E-state index contributed by atoms with van der Waals surface area (Å²) in [5, 5.41) is 6.54. The normalized spacial score (nSPS) is 22.1. The van der Waals surface area contributed by atoms with Gasteiger partial charge < -0.3 is 21.3 Å². The number of hydrogen-bond donors (Lipinski definition) is 3. The summed E-state index contributed by atoms with van der Waals surface area (Å²) in [6.07, 6.45) is 5.44. The number of ketones is 1. The van der Waals surface area contributed by atoms with Crippen molar-refractivity contribution in [3.05, 3.63) is 53.2 Å². The summed E-state index contributed by atoms with van der Waals surface area (Å²) in [6, 6.07) is 9.54. The predicted molar refractivity (Wildman–Crippen MR) is 137 cm³/mol. The van der Waals surface area contributed by atoms with Gasteiger partial charge in [0.25, 0.3) is 11.8 Å². The maximum atomic E-state index is 13.1. The van der Waals surface area contributed by atoms with Gasteiger partial charge in [-0.2, -0.15) is 0 Å². The van der Waals surface area contributed by atoms with Crippen LogP contribution in [0.15, 0.2) is 36.5 Å². The highest BCUT2D eigenvalue weighted by molar-refractivity contribution is 6.02. The molecule has 1 aromatic heterocycles. The van der Waals surface area contributed by atoms with Crippen molar-refractivity contribution in [2.45, 2.75) is 77.5 Å². The summed E-state index contributed by atoms with van der Waals surface area (Å²) < 4.78 is 0. The Morgan fingerprint density at radius 1 is 1.03 bits per heavy atom. The van der Waals surface area contributed by atoms with Crippen LogP contribution in [0, 0.1) is 5.92 Å². The Hall–Kier alpha value is -3.42. The highest BCUT2D eigenvalue weighted by atomic mass is 16.2. The SMILES string of the molecule is CC(=O)c1ccc(N2[C@@H]3CC[C@H]2C[C@@H](NC(=O)c2ccc(C(N)=O)c(NC(C)C(C)C)c2)C3)nc1. The van der Waals surface area contributed by atoms with Crippen molar-refractivity contribution < 1.29 is 14.4 Å². The molecular weight excluding hydrogens is 442 g/mol. The summed E-state index contributed by atoms with van der Waals surface area (Å²) >= 11 is 0. The third-order valence-corrected chi connectivity index (χ3v) is 7.42. The van der Waals surface area contributed by atoms with Crippen LogP contribution in [-0.2, 0) is 0 Å². The molecule has 3 heterocycles. The summed E-state index contributed by atoms with van der Waals surface area (Å²) in [4.78, 5) is 43.5. The number of nitrogens with two attached hydrogens (primary N) is 1. The van der Waals surface area contributed by atoms with Crippen LogP contribution < -0.4 is 21.3 Å². The van der Waals surface area contributed by atoms with E-state index < -0.39 is 5.91 Å². The Labute approximate surface area is 206 Å². The molecular formula is C27H35N5O3. The van der Waals surface area contributed by atoms with Gasteiger partial charge in [-0.25, -0.2) is 4.98 Å². The lowest BCUT2D eigenvalue weighted by Crippen LogP contribution is -2.50. The van der Waals surface area contributed by atoms with Crippen LogP contribution in [0.3, 0.4) is 0 Å². The van der Waals surface area contributed by atoms with Crippen molar-refractivity contribution in [2.75, 3.05) is 10.2 Å². The first-order valence-electron chi connectivity index (χ1n) is 12.4. The van der Waals surface area contributed by atoms with Gasteiger partial charge in [0.15, 0.2) is 5.78 Å². The zero-order valence-corrected chi connectivity index (χ0v) is 20.9. The molecule has 4 N–H and O–H groups in total. The molecule has 0 saturated carbocycles. The summed E-state index contributed by atoms with van der Waals surface area (Å²) in [5.74, 6) is 0.577. The number of rotatable bonds is 8. The average molecular weight is 478 g/mol. The maximum Gasteiger partial charge on any atom is 0.251 e. The number of carbonyl (C=O) groups excluding carboxylic acids is 3. The lowest BCUT2D eigenvalue weighted by Gasteiger charge is -2.40. The number of carbonyl (C=O) groups is 3. The molecule has 2 amide bonds. The van der Waals surface area contributed by atoms with E-state index in [0.717, 1.165) is 31.5 Å². The van der Waals surface area contributed by atoms with Crippen LogP contribution >= 0.6 is 0 Å². The molecule has 186 valence electrons. The molecule has 2 fully saturated rings. The Kier molecular flexibility index (Phi) is 7.10. The fourth-order valence-corrected chi connectivity index (χ4v) is 5.12. The van der Waals surface area contributed by atoms with Crippen LogP contribution in [0.1, 0.15) is 84.5 Å². The molecule has 1 aromatic carbocycles. The third-order valence-electron chi connectivity index (χ3n) is 7.42. The molecule has 0 radical (unpaired) electrons. The van der Waals surface area contributed by atoms with Crippen LogP contribution in [0.2, 0.25) is 0 Å². The Bertz CT molecular complexity index is 1100. The molecule has 4 rings (SSSR count). The summed E-state index contributed by atoms with van der Waals surface area (Å²) in [7, 11) is 0. The molecule has 2 saturated heterocycles. The summed E-state index contributed by atoms with van der Waals surface area (Å²) in [6.45, 7) is 7.76. The topological polar surface area (TPSA) is 117 Å². The van der Waals surface area contributed by atoms with E-state index >= 15 is 0 Å². The number of Topliss-reactive ketones (excluding diaryl/α,β-unsaturated/α-hetero) is 1. The molecule has 35 heavy (non-hydrogen) atoms. The van der Waals surface area contributed by atoms with Crippen molar-refractivity contribution in [1.82, 2.24) is 10.3 Å². The monoisotopic (exact) mass is 477 g/mol. The smallest absolute Gasteiger partial charge is 0.251 e. The minimum absolute atomic E-state index is 0.00863. The van der Waals surface area contributed by atoms with Gasteiger partial charge >= 0.3 is 0 Å². The summed E-state index contributed by atoms with van der Waals surface area (Å²) in [5.41, 5.74) is 7.64. The largest absolute Gasteiger partial charge is 0.382 e. The van der Waals surface area contributed by atoms with Gasteiger partial charge in [-0.05, 0) is 75.8 Å². The molecule has 2 aliphatic heterocycles. The zero-order valence-electron chi connectivity index (χ0n) is 20.9. The Balaban J connectivity index is 1.45. The minimum Gasteiger partial charge on any atom is -0.382 e. The van der Waals surface area contributed by atoms with E-state index in [9.17, 15) is 14.4 Å². The number of nitrogens with one attached hydrogen (secondary N) is 2. The van der Waals surface area contributed by atoms with Gasteiger partial charge in [0, 0.05) is 47.2 Å². The Morgan fingerprint density at radius 2 is 1.69 bits per heavy atom. The second-order valence-corrected chi connectivity index (χ2v) is 10.2. The predicted octanol–water partition coefficient (Wildman–Crippen LogP) is 3.77. The molecule has 0 aliphatic carbocycles. The van der Waals surface area contributed by atoms with E-state index in [1.165, 1.54) is 0 Å². The molecule has 0 spiro atoms. The van der Waals surface area contributed by atoms with Crippen molar-refractivity contribution in [3.63, 3.8) is 0 Å². The second-order valence-electron chi connectivity index (χ2n) is 10.2. The maximum absolute atomic E-state index is 13.1. The van der Waals surface area contributed by atoms with Gasteiger partial charge in [0.1, 0.15) is 5.82 Å². The number of amides is 2. The Morgan fingerprint density at radius 3 is 2.23 bits per heavy atom. The molecule has 2 aliphatic rings. The standard InChI is InChI=1S/C27H35N5O3/c1-15(2)16(3)30-24-11-18(5-9-23(24)26(28)34)27(35)31-20-12-21-7-8-22(13-20)32(21)25-10-6-19(14-29-25)17(4)33/h5-6,9-11,14-16,20-22,30H,7-8,12-13H2,1-4H3,(H2,28,34)(H,31,35)/t16?,20-,21+,22-. The average Bonchev–Trinajstić information content (AvgIpc) is 3.08. The van der Waals surface area contributed by atoms with E-state index in [-0.39, 0.29) is 23.8 Å². The number of anilines is 2. The zero-order chi connectivity index (χ0) is 25.3. The van der Waals surface area contributed by atoms with E-state index in [2.05, 4.69) is 34.4 Å². The van der Waals surface area contributed by atoms with Crippen molar-refractivity contribution >= 4 is 29.1 Å². The van der Waals surface area contributed by atoms with Crippen LogP contribution in [0.25, 0.3) is 0 Å². The molecule has 4 atom stereocenters. The van der Waals surface area contributed by atoms with E-state index in [1.54, 1.807) is 31.3 Å². The number of benzene rings is 1. The fourth-order valence-electron chi connectivity index (χ4n) is 5.12. The van der Waals surface area contributed by atoms with Crippen LogP contribution in [0.5, 0.6) is 0 Å². The van der Waals surface area contributed by atoms with Crippen molar-refractivity contribution in [1.29, 1.82) is 0 Å². The number of aromatic nitrogens is 1. The highest BCUT2D eigenvalue weighted by Gasteiger charge is 2.41. The number of pyridine rings is 1. The molecule has 1 unspecified atom stereocenters. The van der Waals surface area contributed by atoms with E-state index in [1.807, 2.05) is 19.1 Å². The van der Waals surface area contributed by atoms with E-state index in [0.29, 0.717) is 40.4 Å². The number of piperidine rings is 1. The van der Waals surface area contributed by atoms with Gasteiger partial charge in [-0.15, -0.1) is 0 Å². The number of fused-ring (bicyclic) bond motifs is 2. The quantitative estimate of drug-likeness (QED) is 0.498. The molecule has 2 bridgehead atoms. The number of nitrogens with zero attached hydrogens (tertiary/aromatic N) is 2. The molecule has 2 aromatic rings.